The summed E-state index contributed by atoms with van der Waals surface area (Å²) >= 11 is 0. The molecule has 2 N–H and O–H groups in total. The Morgan fingerprint density at radius 2 is 2.16 bits per heavy atom. The molecular weight excluding hydrogens is 242 g/mol. The smallest absolute Gasteiger partial charge is 0.325 e. The van der Waals surface area contributed by atoms with Crippen molar-refractivity contribution in [2.24, 2.45) is 0 Å². The fraction of sp³-hybridized carbons (Fsp3) is 0.533. The summed E-state index contributed by atoms with van der Waals surface area (Å²) in [5, 5.41) is 12.4. The topological polar surface area (TPSA) is 58.6 Å². The standard InChI is InChI=1S/C15H23NO3/c1-4-9-19-13-8-6-7-12(10-13)14(15(17)18)16-11(3)5-2/h6-8,10-11,14,16H,4-5,9H2,1-3H3,(H,17,18). The quantitative estimate of drug-likeness (QED) is 0.758. The van der Waals surface area contributed by atoms with Crippen LogP contribution in [-0.4, -0.2) is 23.7 Å². The van der Waals surface area contributed by atoms with Gasteiger partial charge in [-0.05, 0) is 37.5 Å². The molecule has 0 amide bonds. The molecule has 0 radical (unpaired) electrons. The van der Waals surface area contributed by atoms with Crippen LogP contribution in [0.3, 0.4) is 0 Å². The average Bonchev–Trinajstić information content (AvgIpc) is 2.42. The third kappa shape index (κ3) is 4.91. The molecule has 0 fully saturated rings. The van der Waals surface area contributed by atoms with Crippen LogP contribution in [0, 0.1) is 0 Å². The minimum absolute atomic E-state index is 0.154. The molecule has 2 atom stereocenters. The molecule has 1 aromatic rings. The Hall–Kier alpha value is -1.55. The first-order valence-electron chi connectivity index (χ1n) is 6.80. The zero-order valence-corrected chi connectivity index (χ0v) is 11.8. The van der Waals surface area contributed by atoms with Crippen molar-refractivity contribution < 1.29 is 14.6 Å². The summed E-state index contributed by atoms with van der Waals surface area (Å²) in [6, 6.07) is 6.74. The van der Waals surface area contributed by atoms with E-state index in [1.165, 1.54) is 0 Å². The number of hydrogen-bond acceptors (Lipinski definition) is 3. The second-order valence-electron chi connectivity index (χ2n) is 4.67. The molecule has 4 nitrogen and oxygen atoms in total. The lowest BCUT2D eigenvalue weighted by molar-refractivity contribution is -0.139. The second-order valence-corrected chi connectivity index (χ2v) is 4.67. The zero-order valence-electron chi connectivity index (χ0n) is 11.8. The number of rotatable bonds is 8. The summed E-state index contributed by atoms with van der Waals surface area (Å²) in [4.78, 5) is 11.4. The van der Waals surface area contributed by atoms with Gasteiger partial charge in [-0.25, -0.2) is 0 Å². The van der Waals surface area contributed by atoms with Gasteiger partial charge in [0.25, 0.3) is 0 Å². The van der Waals surface area contributed by atoms with E-state index in [4.69, 9.17) is 4.74 Å². The lowest BCUT2D eigenvalue weighted by Crippen LogP contribution is -2.34. The number of benzene rings is 1. The number of carboxylic acids is 1. The summed E-state index contributed by atoms with van der Waals surface area (Å²) in [5.41, 5.74) is 0.724. The van der Waals surface area contributed by atoms with Gasteiger partial charge in [0.15, 0.2) is 0 Å². The molecule has 19 heavy (non-hydrogen) atoms. The van der Waals surface area contributed by atoms with Crippen molar-refractivity contribution in [3.05, 3.63) is 29.8 Å². The molecule has 0 spiro atoms. The van der Waals surface area contributed by atoms with Crippen LogP contribution in [0.25, 0.3) is 0 Å². The van der Waals surface area contributed by atoms with Crippen molar-refractivity contribution >= 4 is 5.97 Å². The van der Waals surface area contributed by atoms with Crippen LogP contribution in [0.2, 0.25) is 0 Å². The zero-order chi connectivity index (χ0) is 14.3. The molecule has 0 saturated heterocycles. The highest BCUT2D eigenvalue weighted by Gasteiger charge is 2.21. The van der Waals surface area contributed by atoms with Crippen LogP contribution in [0.15, 0.2) is 24.3 Å². The first-order valence-corrected chi connectivity index (χ1v) is 6.80. The van der Waals surface area contributed by atoms with Gasteiger partial charge in [-0.15, -0.1) is 0 Å². The van der Waals surface area contributed by atoms with E-state index in [9.17, 15) is 9.90 Å². The van der Waals surface area contributed by atoms with Gasteiger partial charge in [-0.1, -0.05) is 26.0 Å². The van der Waals surface area contributed by atoms with E-state index < -0.39 is 12.0 Å². The molecular formula is C15H23NO3. The van der Waals surface area contributed by atoms with Crippen LogP contribution < -0.4 is 10.1 Å². The predicted molar refractivity (Wildman–Crippen MR) is 75.5 cm³/mol. The molecule has 0 aliphatic heterocycles. The molecule has 4 heteroatoms. The molecule has 106 valence electrons. The maximum absolute atomic E-state index is 11.4. The van der Waals surface area contributed by atoms with Gasteiger partial charge < -0.3 is 9.84 Å². The van der Waals surface area contributed by atoms with Gasteiger partial charge in [0.05, 0.1) is 6.61 Å². The number of ether oxygens (including phenoxy) is 1. The van der Waals surface area contributed by atoms with Gasteiger partial charge >= 0.3 is 5.97 Å². The first kappa shape index (κ1) is 15.5. The fourth-order valence-corrected chi connectivity index (χ4v) is 1.72. The second kappa shape index (κ2) is 7.79. The Morgan fingerprint density at radius 3 is 2.74 bits per heavy atom. The molecule has 0 heterocycles. The minimum atomic E-state index is -0.868. The molecule has 0 aromatic heterocycles. The largest absolute Gasteiger partial charge is 0.494 e. The van der Waals surface area contributed by atoms with Gasteiger partial charge in [-0.3, -0.25) is 10.1 Å². The average molecular weight is 265 g/mol. The summed E-state index contributed by atoms with van der Waals surface area (Å²) in [5.74, 6) is -0.149. The molecule has 0 aliphatic carbocycles. The van der Waals surface area contributed by atoms with E-state index in [0.717, 1.165) is 24.2 Å². The van der Waals surface area contributed by atoms with Crippen LogP contribution in [0.5, 0.6) is 5.75 Å². The monoisotopic (exact) mass is 265 g/mol. The number of carbonyl (C=O) groups is 1. The van der Waals surface area contributed by atoms with E-state index in [0.29, 0.717) is 6.61 Å². The normalized spacial score (nSPS) is 13.8. The van der Waals surface area contributed by atoms with Gasteiger partial charge in [0.2, 0.25) is 0 Å². The summed E-state index contributed by atoms with van der Waals surface area (Å²) < 4.78 is 5.54. The number of nitrogens with one attached hydrogen (secondary N) is 1. The first-order chi connectivity index (χ1) is 9.08. The lowest BCUT2D eigenvalue weighted by atomic mass is 10.1. The molecule has 0 saturated carbocycles. The third-order valence-corrected chi connectivity index (χ3v) is 2.97. The molecule has 1 aromatic carbocycles. The van der Waals surface area contributed by atoms with Gasteiger partial charge in [0.1, 0.15) is 11.8 Å². The molecule has 0 bridgehead atoms. The van der Waals surface area contributed by atoms with Crippen molar-refractivity contribution in [1.29, 1.82) is 0 Å². The van der Waals surface area contributed by atoms with Crippen LogP contribution in [0.1, 0.15) is 45.2 Å². The summed E-state index contributed by atoms with van der Waals surface area (Å²) in [6.07, 6.45) is 1.81. The molecule has 0 aliphatic rings. The Morgan fingerprint density at radius 1 is 1.42 bits per heavy atom. The Bertz CT molecular complexity index is 406. The van der Waals surface area contributed by atoms with Crippen molar-refractivity contribution in [2.75, 3.05) is 6.61 Å². The van der Waals surface area contributed by atoms with Crippen molar-refractivity contribution in [3.8, 4) is 5.75 Å². The Balaban J connectivity index is 2.86. The van der Waals surface area contributed by atoms with Gasteiger partial charge in [-0.2, -0.15) is 0 Å². The van der Waals surface area contributed by atoms with Crippen LogP contribution >= 0.6 is 0 Å². The summed E-state index contributed by atoms with van der Waals surface area (Å²) in [6.45, 7) is 6.68. The molecule has 1 rings (SSSR count). The van der Waals surface area contributed by atoms with E-state index >= 15 is 0 Å². The fourth-order valence-electron chi connectivity index (χ4n) is 1.72. The highest BCUT2D eigenvalue weighted by Crippen LogP contribution is 2.20. The Labute approximate surface area is 114 Å². The van der Waals surface area contributed by atoms with Crippen LogP contribution in [0.4, 0.5) is 0 Å². The number of aliphatic carboxylic acids is 1. The highest BCUT2D eigenvalue weighted by atomic mass is 16.5. The van der Waals surface area contributed by atoms with E-state index in [1.54, 1.807) is 6.07 Å². The van der Waals surface area contributed by atoms with Crippen LogP contribution in [-0.2, 0) is 4.79 Å². The van der Waals surface area contributed by atoms with Crippen molar-refractivity contribution in [3.63, 3.8) is 0 Å². The lowest BCUT2D eigenvalue weighted by Gasteiger charge is -2.20. The van der Waals surface area contributed by atoms with Gasteiger partial charge in [0, 0.05) is 6.04 Å². The van der Waals surface area contributed by atoms with Crippen molar-refractivity contribution in [1.82, 2.24) is 5.32 Å². The predicted octanol–water partition coefficient (Wildman–Crippen LogP) is 2.99. The third-order valence-electron chi connectivity index (χ3n) is 2.97. The van der Waals surface area contributed by atoms with E-state index in [-0.39, 0.29) is 6.04 Å². The minimum Gasteiger partial charge on any atom is -0.494 e. The maximum Gasteiger partial charge on any atom is 0.325 e. The SMILES string of the molecule is CCCOc1cccc(C(NC(C)CC)C(=O)O)c1. The number of carboxylic acid groups (broad SMARTS) is 1. The molecule has 2 unspecified atom stereocenters. The van der Waals surface area contributed by atoms with E-state index in [2.05, 4.69) is 5.32 Å². The summed E-state index contributed by atoms with van der Waals surface area (Å²) in [7, 11) is 0. The highest BCUT2D eigenvalue weighted by molar-refractivity contribution is 5.75. The number of hydrogen-bond donors (Lipinski definition) is 2. The maximum atomic E-state index is 11.4. The Kier molecular flexibility index (Phi) is 6.36. The van der Waals surface area contributed by atoms with E-state index in [1.807, 2.05) is 39.0 Å². The van der Waals surface area contributed by atoms with Crippen molar-refractivity contribution in [2.45, 2.75) is 45.7 Å².